The molecule has 1 saturated heterocycles. The topological polar surface area (TPSA) is 55.0 Å². The summed E-state index contributed by atoms with van der Waals surface area (Å²) in [7, 11) is 0. The van der Waals surface area contributed by atoms with Crippen molar-refractivity contribution in [3.8, 4) is 0 Å². The van der Waals surface area contributed by atoms with E-state index in [9.17, 15) is 0 Å². The molecule has 1 atom stereocenters. The fraction of sp³-hybridized carbons (Fsp3) is 1.00. The van der Waals surface area contributed by atoms with Crippen LogP contribution >= 0.6 is 0 Å². The third-order valence-corrected chi connectivity index (χ3v) is 5.46. The Kier molecular flexibility index (Phi) is 14.4. The summed E-state index contributed by atoms with van der Waals surface area (Å²) in [5.74, 6) is 0.700. The minimum atomic E-state index is 0.322. The maximum Gasteiger partial charge on any atom is 0.0701 e. The number of nitrogens with zero attached hydrogens (tertiary/aromatic N) is 1. The Balaban J connectivity index is 1.83. The second-order valence-corrected chi connectivity index (χ2v) is 9.89. The highest BCUT2D eigenvalue weighted by molar-refractivity contribution is 4.80. The number of ether oxygens (including phenoxy) is 3. The zero-order valence-corrected chi connectivity index (χ0v) is 20.1. The number of nitrogens with one attached hydrogen (secondary N) is 2. The number of hydrogen-bond donors (Lipinski definition) is 2. The summed E-state index contributed by atoms with van der Waals surface area (Å²) in [6.45, 7) is 22.9. The van der Waals surface area contributed by atoms with Gasteiger partial charge in [0.15, 0.2) is 0 Å². The standard InChI is InChI=1S/C23H49N3O3/c1-20(2)21(3)25-22-7-10-26(11-8-22)12-14-28-16-18-29-17-15-27-13-9-24-19-23(4,5)6/h20-22,24-25H,7-19H2,1-6H3. The Morgan fingerprint density at radius 2 is 1.41 bits per heavy atom. The van der Waals surface area contributed by atoms with Gasteiger partial charge >= 0.3 is 0 Å². The summed E-state index contributed by atoms with van der Waals surface area (Å²) in [5.41, 5.74) is 0.322. The summed E-state index contributed by atoms with van der Waals surface area (Å²) < 4.78 is 16.8. The molecule has 0 bridgehead atoms. The lowest BCUT2D eigenvalue weighted by molar-refractivity contribution is 0.00962. The molecule has 6 heteroatoms. The molecular weight excluding hydrogens is 366 g/mol. The van der Waals surface area contributed by atoms with Crippen LogP contribution in [0.2, 0.25) is 0 Å². The summed E-state index contributed by atoms with van der Waals surface area (Å²) in [4.78, 5) is 2.51. The van der Waals surface area contributed by atoms with Crippen LogP contribution < -0.4 is 10.6 Å². The molecule has 0 aliphatic carbocycles. The van der Waals surface area contributed by atoms with E-state index in [1.807, 2.05) is 0 Å². The van der Waals surface area contributed by atoms with Crippen molar-refractivity contribution in [1.29, 1.82) is 0 Å². The predicted molar refractivity (Wildman–Crippen MR) is 122 cm³/mol. The highest BCUT2D eigenvalue weighted by Crippen LogP contribution is 2.12. The molecular formula is C23H49N3O3. The van der Waals surface area contributed by atoms with Gasteiger partial charge in [0, 0.05) is 31.7 Å². The molecule has 1 rings (SSSR count). The molecule has 6 nitrogen and oxygen atoms in total. The van der Waals surface area contributed by atoms with Crippen LogP contribution in [0, 0.1) is 11.3 Å². The molecule has 0 radical (unpaired) electrons. The molecule has 0 aromatic carbocycles. The van der Waals surface area contributed by atoms with Gasteiger partial charge in [0.2, 0.25) is 0 Å². The fourth-order valence-corrected chi connectivity index (χ4v) is 3.23. The number of piperidine rings is 1. The molecule has 0 amide bonds. The van der Waals surface area contributed by atoms with Crippen LogP contribution in [0.15, 0.2) is 0 Å². The maximum absolute atomic E-state index is 5.72. The predicted octanol–water partition coefficient (Wildman–Crippen LogP) is 2.77. The van der Waals surface area contributed by atoms with Gasteiger partial charge in [-0.15, -0.1) is 0 Å². The molecule has 1 aliphatic rings. The Bertz CT molecular complexity index is 380. The van der Waals surface area contributed by atoms with Crippen LogP contribution in [0.4, 0.5) is 0 Å². The first-order chi connectivity index (χ1) is 13.8. The smallest absolute Gasteiger partial charge is 0.0701 e. The van der Waals surface area contributed by atoms with E-state index in [2.05, 4.69) is 57.1 Å². The minimum Gasteiger partial charge on any atom is -0.378 e. The van der Waals surface area contributed by atoms with Crippen LogP contribution in [0.1, 0.15) is 54.4 Å². The molecule has 1 fully saturated rings. The molecule has 1 unspecified atom stereocenters. The van der Waals surface area contributed by atoms with E-state index in [1.165, 1.54) is 25.9 Å². The molecule has 0 aromatic rings. The Labute approximate surface area is 180 Å². The largest absolute Gasteiger partial charge is 0.378 e. The Hall–Kier alpha value is -0.240. The van der Waals surface area contributed by atoms with Crippen molar-refractivity contribution in [1.82, 2.24) is 15.5 Å². The van der Waals surface area contributed by atoms with Gasteiger partial charge in [-0.3, -0.25) is 0 Å². The van der Waals surface area contributed by atoms with E-state index >= 15 is 0 Å². The summed E-state index contributed by atoms with van der Waals surface area (Å²) in [6.07, 6.45) is 2.48. The lowest BCUT2D eigenvalue weighted by Crippen LogP contribution is -2.47. The number of rotatable bonds is 16. The van der Waals surface area contributed by atoms with Gasteiger partial charge in [-0.2, -0.15) is 0 Å². The third-order valence-electron chi connectivity index (χ3n) is 5.46. The molecule has 174 valence electrons. The van der Waals surface area contributed by atoms with Crippen molar-refractivity contribution < 1.29 is 14.2 Å². The first-order valence-electron chi connectivity index (χ1n) is 11.7. The number of likely N-dealkylation sites (tertiary alicyclic amines) is 1. The van der Waals surface area contributed by atoms with Crippen molar-refractivity contribution in [3.05, 3.63) is 0 Å². The lowest BCUT2D eigenvalue weighted by atomic mass is 9.97. The summed E-state index contributed by atoms with van der Waals surface area (Å²) >= 11 is 0. The monoisotopic (exact) mass is 415 g/mol. The van der Waals surface area contributed by atoms with Gasteiger partial charge in [0.25, 0.3) is 0 Å². The average Bonchev–Trinajstić information content (AvgIpc) is 2.65. The van der Waals surface area contributed by atoms with Crippen LogP contribution in [-0.2, 0) is 14.2 Å². The van der Waals surface area contributed by atoms with Gasteiger partial charge < -0.3 is 29.7 Å². The van der Waals surface area contributed by atoms with E-state index in [1.54, 1.807) is 0 Å². The van der Waals surface area contributed by atoms with Crippen LogP contribution in [0.25, 0.3) is 0 Å². The quantitative estimate of drug-likeness (QED) is 0.378. The zero-order valence-electron chi connectivity index (χ0n) is 20.1. The van der Waals surface area contributed by atoms with Crippen molar-refractivity contribution >= 4 is 0 Å². The number of hydrogen-bond acceptors (Lipinski definition) is 6. The highest BCUT2D eigenvalue weighted by atomic mass is 16.5. The van der Waals surface area contributed by atoms with Crippen molar-refractivity contribution in [2.75, 3.05) is 72.4 Å². The Morgan fingerprint density at radius 3 is 1.97 bits per heavy atom. The van der Waals surface area contributed by atoms with E-state index in [4.69, 9.17) is 14.2 Å². The fourth-order valence-electron chi connectivity index (χ4n) is 3.23. The summed E-state index contributed by atoms with van der Waals surface area (Å²) in [5, 5.41) is 7.17. The molecule has 2 N–H and O–H groups in total. The van der Waals surface area contributed by atoms with Gasteiger partial charge in [0.05, 0.1) is 39.6 Å². The van der Waals surface area contributed by atoms with Crippen molar-refractivity contribution in [3.63, 3.8) is 0 Å². The maximum atomic E-state index is 5.72. The van der Waals surface area contributed by atoms with E-state index in [0.29, 0.717) is 49.8 Å². The Morgan fingerprint density at radius 1 is 0.862 bits per heavy atom. The molecule has 29 heavy (non-hydrogen) atoms. The van der Waals surface area contributed by atoms with Gasteiger partial charge in [-0.05, 0) is 44.2 Å². The van der Waals surface area contributed by atoms with Crippen molar-refractivity contribution in [2.45, 2.75) is 66.5 Å². The van der Waals surface area contributed by atoms with E-state index in [-0.39, 0.29) is 0 Å². The van der Waals surface area contributed by atoms with Crippen LogP contribution in [0.3, 0.4) is 0 Å². The SMILES string of the molecule is CC(C)C(C)NC1CCN(CCOCCOCCOCCNCC(C)(C)C)CC1. The second-order valence-electron chi connectivity index (χ2n) is 9.89. The van der Waals surface area contributed by atoms with E-state index in [0.717, 1.165) is 32.8 Å². The lowest BCUT2D eigenvalue weighted by Gasteiger charge is -2.34. The minimum absolute atomic E-state index is 0.322. The van der Waals surface area contributed by atoms with Crippen molar-refractivity contribution in [2.24, 2.45) is 11.3 Å². The van der Waals surface area contributed by atoms with Gasteiger partial charge in [-0.1, -0.05) is 34.6 Å². The molecule has 0 saturated carbocycles. The second kappa shape index (κ2) is 15.5. The first-order valence-corrected chi connectivity index (χ1v) is 11.7. The third kappa shape index (κ3) is 15.2. The van der Waals surface area contributed by atoms with Gasteiger partial charge in [0.1, 0.15) is 0 Å². The normalized spacial score (nSPS) is 17.9. The van der Waals surface area contributed by atoms with Crippen LogP contribution in [0.5, 0.6) is 0 Å². The average molecular weight is 416 g/mol. The summed E-state index contributed by atoms with van der Waals surface area (Å²) in [6, 6.07) is 1.28. The van der Waals surface area contributed by atoms with E-state index < -0.39 is 0 Å². The zero-order chi connectivity index (χ0) is 21.5. The molecule has 1 aliphatic heterocycles. The highest BCUT2D eigenvalue weighted by Gasteiger charge is 2.20. The first kappa shape index (κ1) is 26.8. The van der Waals surface area contributed by atoms with Crippen LogP contribution in [-0.4, -0.2) is 89.3 Å². The molecule has 1 heterocycles. The molecule has 0 spiro atoms. The molecule has 0 aromatic heterocycles. The van der Waals surface area contributed by atoms with Gasteiger partial charge in [-0.25, -0.2) is 0 Å².